The van der Waals surface area contributed by atoms with E-state index in [1.165, 1.54) is 0 Å². The van der Waals surface area contributed by atoms with Crippen molar-refractivity contribution in [2.45, 2.75) is 19.9 Å². The second kappa shape index (κ2) is 12.7. The van der Waals surface area contributed by atoms with Crippen molar-refractivity contribution in [1.82, 2.24) is 15.4 Å². The van der Waals surface area contributed by atoms with Gasteiger partial charge in [0.2, 0.25) is 10.0 Å². The predicted octanol–water partition coefficient (Wildman–Crippen LogP) is 3.01. The molecule has 0 saturated heterocycles. The Labute approximate surface area is 190 Å². The van der Waals surface area contributed by atoms with Crippen molar-refractivity contribution in [3.8, 4) is 11.5 Å². The van der Waals surface area contributed by atoms with Gasteiger partial charge in [0.15, 0.2) is 5.96 Å². The highest BCUT2D eigenvalue weighted by Gasteiger charge is 2.07. The van der Waals surface area contributed by atoms with Gasteiger partial charge < -0.3 is 15.4 Å². The first-order valence-corrected chi connectivity index (χ1v) is 11.0. The molecule has 0 heterocycles. The lowest BCUT2D eigenvalue weighted by atomic mass is 10.1. The molecule has 2 aromatic rings. The van der Waals surface area contributed by atoms with Crippen molar-refractivity contribution >= 4 is 40.0 Å². The average Bonchev–Trinajstić information content (AvgIpc) is 2.65. The Hall–Kier alpha value is -1.85. The molecule has 0 bridgehead atoms. The van der Waals surface area contributed by atoms with Crippen LogP contribution in [0.25, 0.3) is 0 Å². The van der Waals surface area contributed by atoms with Crippen LogP contribution >= 0.6 is 24.0 Å². The Kier molecular flexibility index (Phi) is 11.0. The van der Waals surface area contributed by atoms with Gasteiger partial charge in [0, 0.05) is 32.2 Å². The summed E-state index contributed by atoms with van der Waals surface area (Å²) in [6.45, 7) is 3.56. The lowest BCUT2D eigenvalue weighted by Crippen LogP contribution is -2.38. The molecular weight excluding hydrogens is 503 g/mol. The van der Waals surface area contributed by atoms with Crippen LogP contribution in [0.15, 0.2) is 53.5 Å². The number of hydrogen-bond donors (Lipinski definition) is 3. The van der Waals surface area contributed by atoms with Crippen LogP contribution in [0.3, 0.4) is 0 Å². The molecule has 0 radical (unpaired) electrons. The first-order valence-electron chi connectivity index (χ1n) is 9.09. The highest BCUT2D eigenvalue weighted by atomic mass is 127. The smallest absolute Gasteiger partial charge is 0.208 e. The molecule has 3 N–H and O–H groups in total. The Bertz CT molecular complexity index is 890. The van der Waals surface area contributed by atoms with Crippen LogP contribution in [-0.2, 0) is 16.6 Å². The number of aryl methyl sites for hydroxylation is 1. The van der Waals surface area contributed by atoms with E-state index in [1.807, 2.05) is 55.5 Å². The van der Waals surface area contributed by atoms with Gasteiger partial charge in [0.05, 0.1) is 6.26 Å². The van der Waals surface area contributed by atoms with Crippen LogP contribution in [0.1, 0.15) is 17.5 Å². The Morgan fingerprint density at radius 2 is 1.79 bits per heavy atom. The van der Waals surface area contributed by atoms with Crippen LogP contribution in [-0.4, -0.2) is 40.8 Å². The number of sulfonamides is 1. The molecule has 0 spiro atoms. The van der Waals surface area contributed by atoms with Crippen LogP contribution in [0.5, 0.6) is 11.5 Å². The number of ether oxygens (including phenoxy) is 1. The first kappa shape index (κ1) is 25.2. The third kappa shape index (κ3) is 9.95. The van der Waals surface area contributed by atoms with Gasteiger partial charge in [-0.3, -0.25) is 4.99 Å². The Morgan fingerprint density at radius 3 is 2.45 bits per heavy atom. The first-order chi connectivity index (χ1) is 13.4. The Balaban J connectivity index is 0.00000420. The normalized spacial score (nSPS) is 11.5. The summed E-state index contributed by atoms with van der Waals surface area (Å²) in [6.07, 6.45) is 1.80. The van der Waals surface area contributed by atoms with Crippen molar-refractivity contribution < 1.29 is 13.2 Å². The molecular formula is C20H29IN4O3S. The van der Waals surface area contributed by atoms with Crippen molar-refractivity contribution in [3.63, 3.8) is 0 Å². The van der Waals surface area contributed by atoms with E-state index in [0.29, 0.717) is 32.0 Å². The number of hydrogen-bond acceptors (Lipinski definition) is 4. The van der Waals surface area contributed by atoms with Crippen LogP contribution < -0.4 is 20.1 Å². The van der Waals surface area contributed by atoms with E-state index < -0.39 is 10.0 Å². The molecule has 0 amide bonds. The number of aliphatic imine (C=N–C) groups is 1. The summed E-state index contributed by atoms with van der Waals surface area (Å²) < 4.78 is 30.6. The van der Waals surface area contributed by atoms with Gasteiger partial charge in [0.25, 0.3) is 0 Å². The zero-order valence-corrected chi connectivity index (χ0v) is 20.1. The van der Waals surface area contributed by atoms with Gasteiger partial charge in [-0.25, -0.2) is 13.1 Å². The van der Waals surface area contributed by atoms with Gasteiger partial charge in [-0.2, -0.15) is 0 Å². The third-order valence-corrected chi connectivity index (χ3v) is 4.60. The molecule has 0 aromatic heterocycles. The number of nitrogens with one attached hydrogen (secondary N) is 3. The van der Waals surface area contributed by atoms with E-state index in [9.17, 15) is 8.42 Å². The fourth-order valence-electron chi connectivity index (χ4n) is 2.47. The standard InChI is InChI=1S/C20H28N4O3S.HI/c1-16-10-11-17(19(14-16)27-18-8-5-4-6-9-18)15-23-20(21-2)22-12-7-13-24-28(3,25)26;/h4-6,8-11,14,24H,7,12-13,15H2,1-3H3,(H2,21,22,23);1H. The molecule has 7 nitrogen and oxygen atoms in total. The molecule has 160 valence electrons. The number of nitrogens with zero attached hydrogens (tertiary/aromatic N) is 1. The van der Waals surface area contributed by atoms with Gasteiger partial charge in [-0.1, -0.05) is 30.3 Å². The van der Waals surface area contributed by atoms with Crippen LogP contribution in [0.4, 0.5) is 0 Å². The van der Waals surface area contributed by atoms with E-state index in [0.717, 1.165) is 28.9 Å². The number of guanidine groups is 1. The monoisotopic (exact) mass is 532 g/mol. The maximum Gasteiger partial charge on any atom is 0.208 e. The second-order valence-electron chi connectivity index (χ2n) is 6.40. The molecule has 0 saturated carbocycles. The SMILES string of the molecule is CN=C(NCCCNS(C)(=O)=O)NCc1ccc(C)cc1Oc1ccccc1.I. The van der Waals surface area contributed by atoms with Crippen molar-refractivity contribution in [2.24, 2.45) is 4.99 Å². The maximum atomic E-state index is 11.1. The maximum absolute atomic E-state index is 11.1. The quantitative estimate of drug-likeness (QED) is 0.200. The fraction of sp³-hybridized carbons (Fsp3) is 0.350. The molecule has 2 rings (SSSR count). The summed E-state index contributed by atoms with van der Waals surface area (Å²) in [7, 11) is -1.45. The number of benzene rings is 2. The van der Waals surface area contributed by atoms with Gasteiger partial charge in [-0.05, 0) is 37.1 Å². The molecule has 0 aliphatic rings. The zero-order chi connectivity index (χ0) is 20.4. The zero-order valence-electron chi connectivity index (χ0n) is 16.9. The summed E-state index contributed by atoms with van der Waals surface area (Å²) >= 11 is 0. The molecule has 0 atom stereocenters. The fourth-order valence-corrected chi connectivity index (χ4v) is 2.99. The van der Waals surface area contributed by atoms with Gasteiger partial charge >= 0.3 is 0 Å². The van der Waals surface area contributed by atoms with E-state index >= 15 is 0 Å². The number of rotatable bonds is 9. The van der Waals surface area contributed by atoms with Crippen LogP contribution in [0.2, 0.25) is 0 Å². The number of para-hydroxylation sites is 1. The summed E-state index contributed by atoms with van der Waals surface area (Å²) in [4.78, 5) is 4.20. The molecule has 9 heteroatoms. The Morgan fingerprint density at radius 1 is 1.07 bits per heavy atom. The minimum Gasteiger partial charge on any atom is -0.457 e. The van der Waals surface area contributed by atoms with E-state index in [1.54, 1.807) is 7.05 Å². The minimum atomic E-state index is -3.15. The van der Waals surface area contributed by atoms with Gasteiger partial charge in [-0.15, -0.1) is 24.0 Å². The summed E-state index contributed by atoms with van der Waals surface area (Å²) in [5.41, 5.74) is 2.13. The van der Waals surface area contributed by atoms with E-state index in [-0.39, 0.29) is 24.0 Å². The van der Waals surface area contributed by atoms with Crippen molar-refractivity contribution in [2.75, 3.05) is 26.4 Å². The van der Waals surface area contributed by atoms with E-state index in [4.69, 9.17) is 4.74 Å². The average molecular weight is 532 g/mol. The largest absolute Gasteiger partial charge is 0.457 e. The predicted molar refractivity (Wildman–Crippen MR) is 129 cm³/mol. The molecule has 29 heavy (non-hydrogen) atoms. The molecule has 0 fully saturated rings. The molecule has 0 unspecified atom stereocenters. The number of halogens is 1. The highest BCUT2D eigenvalue weighted by Crippen LogP contribution is 2.26. The lowest BCUT2D eigenvalue weighted by molar-refractivity contribution is 0.474. The molecule has 0 aliphatic carbocycles. The van der Waals surface area contributed by atoms with E-state index in [2.05, 4.69) is 20.3 Å². The van der Waals surface area contributed by atoms with Crippen LogP contribution in [0, 0.1) is 6.92 Å². The minimum absolute atomic E-state index is 0. The summed E-state index contributed by atoms with van der Waals surface area (Å²) in [6, 6.07) is 15.8. The van der Waals surface area contributed by atoms with Crippen molar-refractivity contribution in [3.05, 3.63) is 59.7 Å². The highest BCUT2D eigenvalue weighted by molar-refractivity contribution is 14.0. The van der Waals surface area contributed by atoms with Crippen molar-refractivity contribution in [1.29, 1.82) is 0 Å². The third-order valence-electron chi connectivity index (χ3n) is 3.87. The molecule has 0 aliphatic heterocycles. The molecule has 2 aromatic carbocycles. The topological polar surface area (TPSA) is 91.8 Å². The summed E-state index contributed by atoms with van der Waals surface area (Å²) in [5, 5.41) is 6.43. The summed E-state index contributed by atoms with van der Waals surface area (Å²) in [5.74, 6) is 2.23. The van der Waals surface area contributed by atoms with Gasteiger partial charge in [0.1, 0.15) is 11.5 Å². The lowest BCUT2D eigenvalue weighted by Gasteiger charge is -2.15. The second-order valence-corrected chi connectivity index (χ2v) is 8.23.